The molecular formula is C19H20N2O4. The molecule has 130 valence electrons. The first kappa shape index (κ1) is 18.1. The summed E-state index contributed by atoms with van der Waals surface area (Å²) in [7, 11) is 3.05. The van der Waals surface area contributed by atoms with Crippen LogP contribution in [0.4, 0.5) is 0 Å². The van der Waals surface area contributed by atoms with Crippen LogP contribution >= 0.6 is 0 Å². The molecule has 2 aromatic carbocycles. The summed E-state index contributed by atoms with van der Waals surface area (Å²) in [4.78, 5) is 12.1. The molecule has 0 aliphatic heterocycles. The fourth-order valence-electron chi connectivity index (χ4n) is 2.01. The predicted octanol–water partition coefficient (Wildman–Crippen LogP) is 3.03. The number of carbonyl (C=O) groups excluding carboxylic acids is 1. The van der Waals surface area contributed by atoms with E-state index in [1.54, 1.807) is 30.5 Å². The van der Waals surface area contributed by atoms with Crippen LogP contribution in [-0.4, -0.2) is 32.9 Å². The Morgan fingerprint density at radius 2 is 1.84 bits per heavy atom. The van der Waals surface area contributed by atoms with Crippen LogP contribution in [0.5, 0.6) is 17.2 Å². The molecule has 0 aliphatic rings. The molecule has 0 heterocycles. The van der Waals surface area contributed by atoms with Gasteiger partial charge in [0.15, 0.2) is 11.5 Å². The summed E-state index contributed by atoms with van der Waals surface area (Å²) >= 11 is 0. The largest absolute Gasteiger partial charge is 0.493 e. The Morgan fingerprint density at radius 1 is 1.12 bits per heavy atom. The van der Waals surface area contributed by atoms with Crippen molar-refractivity contribution in [1.82, 2.24) is 5.43 Å². The van der Waals surface area contributed by atoms with E-state index in [9.17, 15) is 4.79 Å². The zero-order chi connectivity index (χ0) is 18.1. The fraction of sp³-hybridized carbons (Fsp3) is 0.158. The minimum Gasteiger partial charge on any atom is -0.493 e. The van der Waals surface area contributed by atoms with Crippen LogP contribution in [0.15, 0.2) is 60.2 Å². The number of amides is 1. The molecule has 0 saturated carbocycles. The monoisotopic (exact) mass is 340 g/mol. The highest BCUT2D eigenvalue weighted by Crippen LogP contribution is 2.27. The van der Waals surface area contributed by atoms with Crippen LogP contribution in [0.1, 0.15) is 15.9 Å². The molecule has 0 bridgehead atoms. The number of ether oxygens (including phenoxy) is 3. The Morgan fingerprint density at radius 3 is 2.48 bits per heavy atom. The van der Waals surface area contributed by atoms with Crippen molar-refractivity contribution in [2.45, 2.75) is 0 Å². The smallest absolute Gasteiger partial charge is 0.271 e. The molecule has 2 aromatic rings. The van der Waals surface area contributed by atoms with Gasteiger partial charge >= 0.3 is 0 Å². The Labute approximate surface area is 146 Å². The van der Waals surface area contributed by atoms with Gasteiger partial charge in [0.1, 0.15) is 12.4 Å². The van der Waals surface area contributed by atoms with Gasteiger partial charge in [-0.1, -0.05) is 12.7 Å². The Kier molecular flexibility index (Phi) is 6.59. The minimum absolute atomic E-state index is 0.344. The lowest BCUT2D eigenvalue weighted by molar-refractivity contribution is 0.0954. The number of nitrogens with one attached hydrogen (secondary N) is 1. The average Bonchev–Trinajstić information content (AvgIpc) is 2.66. The molecule has 0 atom stereocenters. The summed E-state index contributed by atoms with van der Waals surface area (Å²) in [5.74, 6) is 1.44. The number of hydrogen-bond acceptors (Lipinski definition) is 5. The average molecular weight is 340 g/mol. The van der Waals surface area contributed by atoms with Gasteiger partial charge in [0.25, 0.3) is 5.91 Å². The van der Waals surface area contributed by atoms with E-state index in [2.05, 4.69) is 17.1 Å². The van der Waals surface area contributed by atoms with Crippen LogP contribution in [0.3, 0.4) is 0 Å². The van der Waals surface area contributed by atoms with E-state index >= 15 is 0 Å². The lowest BCUT2D eigenvalue weighted by Gasteiger charge is -2.08. The lowest BCUT2D eigenvalue weighted by Crippen LogP contribution is -2.17. The zero-order valence-electron chi connectivity index (χ0n) is 14.2. The number of carbonyl (C=O) groups is 1. The molecule has 1 amide bonds. The first-order valence-corrected chi connectivity index (χ1v) is 7.57. The maximum Gasteiger partial charge on any atom is 0.271 e. The highest BCUT2D eigenvalue weighted by Gasteiger charge is 2.09. The van der Waals surface area contributed by atoms with Crippen molar-refractivity contribution >= 4 is 12.1 Å². The third kappa shape index (κ3) is 5.10. The molecule has 0 aromatic heterocycles. The van der Waals surface area contributed by atoms with Crippen LogP contribution in [0.25, 0.3) is 0 Å². The van der Waals surface area contributed by atoms with Gasteiger partial charge in [-0.15, -0.1) is 0 Å². The van der Waals surface area contributed by atoms with Crippen LogP contribution < -0.4 is 19.6 Å². The molecule has 2 rings (SSSR count). The molecule has 6 heteroatoms. The predicted molar refractivity (Wildman–Crippen MR) is 96.7 cm³/mol. The summed E-state index contributed by atoms with van der Waals surface area (Å²) in [6, 6.07) is 12.2. The highest BCUT2D eigenvalue weighted by molar-refractivity contribution is 5.95. The number of benzene rings is 2. The first-order chi connectivity index (χ1) is 12.2. The normalized spacial score (nSPS) is 10.3. The van der Waals surface area contributed by atoms with Crippen molar-refractivity contribution < 1.29 is 19.0 Å². The second-order valence-corrected chi connectivity index (χ2v) is 4.94. The summed E-state index contributed by atoms with van der Waals surface area (Å²) in [5, 5.41) is 3.95. The molecule has 25 heavy (non-hydrogen) atoms. The van der Waals surface area contributed by atoms with Gasteiger partial charge in [-0.25, -0.2) is 5.43 Å². The molecule has 6 nitrogen and oxygen atoms in total. The van der Waals surface area contributed by atoms with Gasteiger partial charge in [-0.2, -0.15) is 5.10 Å². The van der Waals surface area contributed by atoms with E-state index < -0.39 is 0 Å². The van der Waals surface area contributed by atoms with Gasteiger partial charge < -0.3 is 14.2 Å². The summed E-state index contributed by atoms with van der Waals surface area (Å²) in [6.07, 6.45) is 3.23. The first-order valence-electron chi connectivity index (χ1n) is 7.57. The molecule has 0 radical (unpaired) electrons. The van der Waals surface area contributed by atoms with Gasteiger partial charge in [-0.05, 0) is 48.0 Å². The molecule has 0 spiro atoms. The van der Waals surface area contributed by atoms with E-state index in [1.165, 1.54) is 14.2 Å². The van der Waals surface area contributed by atoms with Gasteiger partial charge in [0.2, 0.25) is 0 Å². The second-order valence-electron chi connectivity index (χ2n) is 4.94. The van der Waals surface area contributed by atoms with Crippen molar-refractivity contribution in [3.63, 3.8) is 0 Å². The third-order valence-electron chi connectivity index (χ3n) is 3.27. The number of hydrogen-bond donors (Lipinski definition) is 1. The molecule has 1 N–H and O–H groups in total. The maximum absolute atomic E-state index is 12.1. The standard InChI is InChI=1S/C19H20N2O4/c1-4-11-25-16-8-5-14(6-9-16)13-20-21-19(22)15-7-10-17(23-2)18(12-15)24-3/h4-10,12-13H,1,11H2,2-3H3,(H,21,22)/b20-13+. The van der Waals surface area contributed by atoms with Crippen LogP contribution in [-0.2, 0) is 0 Å². The molecular weight excluding hydrogens is 320 g/mol. The molecule has 0 saturated heterocycles. The van der Waals surface area contributed by atoms with Gasteiger partial charge in [-0.3, -0.25) is 4.79 Å². The van der Waals surface area contributed by atoms with E-state index in [4.69, 9.17) is 14.2 Å². The third-order valence-corrected chi connectivity index (χ3v) is 3.27. The van der Waals surface area contributed by atoms with Crippen molar-refractivity contribution in [3.05, 3.63) is 66.2 Å². The topological polar surface area (TPSA) is 69.2 Å². The van der Waals surface area contributed by atoms with Gasteiger partial charge in [0, 0.05) is 5.56 Å². The minimum atomic E-state index is -0.344. The quantitative estimate of drug-likeness (QED) is 0.456. The highest BCUT2D eigenvalue weighted by atomic mass is 16.5. The van der Waals surface area contributed by atoms with Crippen LogP contribution in [0, 0.1) is 0 Å². The second kappa shape index (κ2) is 9.12. The Hall–Kier alpha value is -3.28. The number of methoxy groups -OCH3 is 2. The van der Waals surface area contributed by atoms with Crippen molar-refractivity contribution in [2.75, 3.05) is 20.8 Å². The van der Waals surface area contributed by atoms with Gasteiger partial charge in [0.05, 0.1) is 20.4 Å². The Balaban J connectivity index is 1.97. The van der Waals surface area contributed by atoms with Crippen molar-refractivity contribution in [3.8, 4) is 17.2 Å². The molecule has 0 aliphatic carbocycles. The van der Waals surface area contributed by atoms with Crippen molar-refractivity contribution in [2.24, 2.45) is 5.10 Å². The lowest BCUT2D eigenvalue weighted by atomic mass is 10.2. The van der Waals surface area contributed by atoms with Crippen LogP contribution in [0.2, 0.25) is 0 Å². The summed E-state index contributed by atoms with van der Waals surface area (Å²) in [6.45, 7) is 4.05. The Bertz CT molecular complexity index is 755. The SMILES string of the molecule is C=CCOc1ccc(/C=N/NC(=O)c2ccc(OC)c(OC)c2)cc1. The van der Waals surface area contributed by atoms with E-state index in [-0.39, 0.29) is 5.91 Å². The van der Waals surface area contributed by atoms with E-state index in [1.807, 2.05) is 24.3 Å². The number of rotatable bonds is 8. The van der Waals surface area contributed by atoms with E-state index in [0.29, 0.717) is 23.7 Å². The zero-order valence-corrected chi connectivity index (χ0v) is 14.2. The summed E-state index contributed by atoms with van der Waals surface area (Å²) in [5.41, 5.74) is 3.73. The number of nitrogens with zero attached hydrogens (tertiary/aromatic N) is 1. The maximum atomic E-state index is 12.1. The summed E-state index contributed by atoms with van der Waals surface area (Å²) < 4.78 is 15.7. The molecule has 0 unspecified atom stereocenters. The molecule has 0 fully saturated rings. The number of hydrazone groups is 1. The van der Waals surface area contributed by atoms with E-state index in [0.717, 1.165) is 11.3 Å². The fourth-order valence-corrected chi connectivity index (χ4v) is 2.01. The van der Waals surface area contributed by atoms with Crippen molar-refractivity contribution in [1.29, 1.82) is 0 Å².